The van der Waals surface area contributed by atoms with Gasteiger partial charge in [-0.3, -0.25) is 5.32 Å². The van der Waals surface area contributed by atoms with E-state index in [-0.39, 0.29) is 23.7 Å². The van der Waals surface area contributed by atoms with E-state index in [9.17, 15) is 9.59 Å². The molecule has 2 aromatic rings. The van der Waals surface area contributed by atoms with Gasteiger partial charge in [-0.25, -0.2) is 9.59 Å². The van der Waals surface area contributed by atoms with E-state index in [1.807, 2.05) is 18.2 Å². The van der Waals surface area contributed by atoms with Crippen molar-refractivity contribution in [1.29, 1.82) is 5.26 Å². The van der Waals surface area contributed by atoms with Crippen molar-refractivity contribution in [2.24, 2.45) is 0 Å². The third-order valence-electron chi connectivity index (χ3n) is 2.61. The molecule has 0 fully saturated rings. The summed E-state index contributed by atoms with van der Waals surface area (Å²) in [7, 11) is 1.14. The number of hydrogen-bond acceptors (Lipinski definition) is 7. The number of nitrogens with one attached hydrogen (secondary N) is 1. The third-order valence-corrected chi connectivity index (χ3v) is 2.61. The Balaban J connectivity index is 2.02. The number of anilines is 1. The molecule has 1 amide bonds. The third kappa shape index (κ3) is 3.40. The van der Waals surface area contributed by atoms with Crippen LogP contribution >= 0.6 is 0 Å². The SMILES string of the molecule is COC(=O)c1noc(NC(=O)OCc2ccccc2)c1C#N. The molecule has 22 heavy (non-hydrogen) atoms. The zero-order valence-electron chi connectivity index (χ0n) is 11.5. The Morgan fingerprint density at radius 2 is 2.09 bits per heavy atom. The van der Waals surface area contributed by atoms with E-state index in [1.165, 1.54) is 0 Å². The molecule has 0 aliphatic rings. The summed E-state index contributed by atoms with van der Waals surface area (Å²) in [6.45, 7) is 0.0482. The van der Waals surface area contributed by atoms with Crippen molar-refractivity contribution < 1.29 is 23.6 Å². The number of ether oxygens (including phenoxy) is 2. The highest BCUT2D eigenvalue weighted by Gasteiger charge is 2.24. The fraction of sp³-hybridized carbons (Fsp3) is 0.143. The summed E-state index contributed by atoms with van der Waals surface area (Å²) in [5.41, 5.74) is 0.248. The molecule has 8 heteroatoms. The molecule has 1 aromatic heterocycles. The van der Waals surface area contributed by atoms with Crippen LogP contribution in [0, 0.1) is 11.3 Å². The van der Waals surface area contributed by atoms with Gasteiger partial charge in [-0.2, -0.15) is 5.26 Å². The van der Waals surface area contributed by atoms with Crippen LogP contribution < -0.4 is 5.32 Å². The number of aromatic nitrogens is 1. The molecule has 0 saturated carbocycles. The summed E-state index contributed by atoms with van der Waals surface area (Å²) >= 11 is 0. The Bertz CT molecular complexity index is 718. The molecule has 0 saturated heterocycles. The summed E-state index contributed by atoms with van der Waals surface area (Å²) in [6, 6.07) is 10.7. The van der Waals surface area contributed by atoms with E-state index in [0.29, 0.717) is 0 Å². The molecule has 0 spiro atoms. The largest absolute Gasteiger partial charge is 0.464 e. The average Bonchev–Trinajstić information content (AvgIpc) is 2.95. The van der Waals surface area contributed by atoms with E-state index < -0.39 is 12.1 Å². The molecule has 0 atom stereocenters. The molecule has 1 aromatic carbocycles. The lowest BCUT2D eigenvalue weighted by atomic mass is 10.2. The summed E-state index contributed by atoms with van der Waals surface area (Å²) in [5, 5.41) is 14.6. The molecule has 0 aliphatic carbocycles. The maximum Gasteiger partial charge on any atom is 0.414 e. The Labute approximate surface area is 125 Å². The number of esters is 1. The number of methoxy groups -OCH3 is 1. The standard InChI is InChI=1S/C14H11N3O5/c1-20-13(18)11-10(7-15)12(22-17-11)16-14(19)21-8-9-5-3-2-4-6-9/h2-6H,8H2,1H3,(H,16,19). The number of hydrogen-bond donors (Lipinski definition) is 1. The summed E-state index contributed by atoms with van der Waals surface area (Å²) in [5.74, 6) is -1.12. The van der Waals surface area contributed by atoms with Gasteiger partial charge in [0.1, 0.15) is 12.7 Å². The molecular formula is C14H11N3O5. The van der Waals surface area contributed by atoms with Gasteiger partial charge >= 0.3 is 12.1 Å². The van der Waals surface area contributed by atoms with Crippen LogP contribution in [0.4, 0.5) is 10.7 Å². The Hall–Kier alpha value is -3.34. The van der Waals surface area contributed by atoms with E-state index >= 15 is 0 Å². The summed E-state index contributed by atoms with van der Waals surface area (Å²) in [4.78, 5) is 23.0. The monoisotopic (exact) mass is 301 g/mol. The number of nitrogens with zero attached hydrogens (tertiary/aromatic N) is 2. The van der Waals surface area contributed by atoms with E-state index in [0.717, 1.165) is 12.7 Å². The van der Waals surface area contributed by atoms with Gasteiger partial charge in [0, 0.05) is 0 Å². The molecule has 0 bridgehead atoms. The van der Waals surface area contributed by atoms with E-state index in [1.54, 1.807) is 18.2 Å². The maximum absolute atomic E-state index is 11.7. The fourth-order valence-electron chi connectivity index (χ4n) is 1.57. The van der Waals surface area contributed by atoms with Crippen molar-refractivity contribution in [1.82, 2.24) is 5.16 Å². The van der Waals surface area contributed by atoms with E-state index in [2.05, 4.69) is 15.2 Å². The lowest BCUT2D eigenvalue weighted by Crippen LogP contribution is -2.14. The molecule has 0 radical (unpaired) electrons. The smallest absolute Gasteiger partial charge is 0.414 e. The second kappa shape index (κ2) is 6.90. The Morgan fingerprint density at radius 3 is 2.73 bits per heavy atom. The van der Waals surface area contributed by atoms with Gasteiger partial charge < -0.3 is 14.0 Å². The topological polar surface area (TPSA) is 114 Å². The first-order valence-corrected chi connectivity index (χ1v) is 6.11. The van der Waals surface area contributed by atoms with Crippen molar-refractivity contribution in [3.63, 3.8) is 0 Å². The van der Waals surface area contributed by atoms with Crippen molar-refractivity contribution >= 4 is 17.9 Å². The maximum atomic E-state index is 11.7. The number of amides is 1. The fourth-order valence-corrected chi connectivity index (χ4v) is 1.57. The van der Waals surface area contributed by atoms with Crippen LogP contribution in [0.15, 0.2) is 34.9 Å². The highest BCUT2D eigenvalue weighted by atomic mass is 16.6. The zero-order chi connectivity index (χ0) is 15.9. The van der Waals surface area contributed by atoms with Crippen molar-refractivity contribution in [2.45, 2.75) is 6.61 Å². The molecule has 8 nitrogen and oxygen atoms in total. The molecule has 1 heterocycles. The van der Waals surface area contributed by atoms with Gasteiger partial charge in [-0.05, 0) is 5.56 Å². The van der Waals surface area contributed by atoms with Crippen LogP contribution in [-0.2, 0) is 16.1 Å². The van der Waals surface area contributed by atoms with Gasteiger partial charge in [0.25, 0.3) is 5.88 Å². The number of carbonyl (C=O) groups is 2. The lowest BCUT2D eigenvalue weighted by Gasteiger charge is -2.04. The van der Waals surface area contributed by atoms with Crippen molar-refractivity contribution in [2.75, 3.05) is 12.4 Å². The second-order valence-corrected chi connectivity index (χ2v) is 4.03. The van der Waals surface area contributed by atoms with Crippen LogP contribution in [0.25, 0.3) is 0 Å². The average molecular weight is 301 g/mol. The Kier molecular flexibility index (Phi) is 4.72. The molecular weight excluding hydrogens is 290 g/mol. The number of nitriles is 1. The molecule has 1 N–H and O–H groups in total. The normalized spacial score (nSPS) is 9.64. The van der Waals surface area contributed by atoms with Crippen LogP contribution in [-0.4, -0.2) is 24.3 Å². The molecule has 0 aliphatic heterocycles. The van der Waals surface area contributed by atoms with Gasteiger partial charge in [-0.15, -0.1) is 0 Å². The van der Waals surface area contributed by atoms with Gasteiger partial charge in [0.05, 0.1) is 7.11 Å². The minimum absolute atomic E-state index is 0.0482. The summed E-state index contributed by atoms with van der Waals surface area (Å²) < 4.78 is 14.2. The number of benzene rings is 1. The quantitative estimate of drug-likeness (QED) is 0.859. The first kappa shape index (κ1) is 15.1. The van der Waals surface area contributed by atoms with Gasteiger partial charge in [0.2, 0.25) is 5.69 Å². The van der Waals surface area contributed by atoms with Crippen LogP contribution in [0.3, 0.4) is 0 Å². The van der Waals surface area contributed by atoms with Crippen LogP contribution in [0.5, 0.6) is 0 Å². The summed E-state index contributed by atoms with van der Waals surface area (Å²) in [6.07, 6.45) is -0.840. The first-order chi connectivity index (χ1) is 10.7. The number of rotatable bonds is 4. The van der Waals surface area contributed by atoms with Crippen molar-refractivity contribution in [3.05, 3.63) is 47.2 Å². The van der Waals surface area contributed by atoms with E-state index in [4.69, 9.17) is 14.5 Å². The minimum Gasteiger partial charge on any atom is -0.464 e. The minimum atomic E-state index is -0.842. The van der Waals surface area contributed by atoms with Gasteiger partial charge in [-0.1, -0.05) is 35.5 Å². The predicted molar refractivity (Wildman–Crippen MR) is 72.8 cm³/mol. The lowest BCUT2D eigenvalue weighted by molar-refractivity contribution is 0.0589. The Morgan fingerprint density at radius 1 is 1.36 bits per heavy atom. The highest BCUT2D eigenvalue weighted by molar-refractivity contribution is 5.93. The van der Waals surface area contributed by atoms with Crippen LogP contribution in [0.2, 0.25) is 0 Å². The van der Waals surface area contributed by atoms with Gasteiger partial charge in [0.15, 0.2) is 5.56 Å². The van der Waals surface area contributed by atoms with Crippen LogP contribution in [0.1, 0.15) is 21.6 Å². The first-order valence-electron chi connectivity index (χ1n) is 6.11. The molecule has 2 rings (SSSR count). The predicted octanol–water partition coefficient (Wildman–Crippen LogP) is 2.08. The molecule has 0 unspecified atom stereocenters. The second-order valence-electron chi connectivity index (χ2n) is 4.03. The van der Waals surface area contributed by atoms with Crippen molar-refractivity contribution in [3.8, 4) is 6.07 Å². The number of carbonyl (C=O) groups excluding carboxylic acids is 2. The molecule has 112 valence electrons. The highest BCUT2D eigenvalue weighted by Crippen LogP contribution is 2.19. The zero-order valence-corrected chi connectivity index (χ0v) is 11.5.